The Morgan fingerprint density at radius 3 is 1.74 bits per heavy atom. The Kier molecular flexibility index (Phi) is 14.0. The molecular weight excluding hydrogens is 424 g/mol. The maximum absolute atomic E-state index is 8.36. The van der Waals surface area contributed by atoms with Crippen molar-refractivity contribution < 1.29 is 14.6 Å². The van der Waals surface area contributed by atoms with E-state index >= 15 is 0 Å². The summed E-state index contributed by atoms with van der Waals surface area (Å²) in [7, 11) is 1.70. The molecule has 0 fully saturated rings. The molecule has 3 aromatic rings. The molecule has 0 radical (unpaired) electrons. The van der Waals surface area contributed by atoms with E-state index in [0.29, 0.717) is 0 Å². The molecule has 0 aliphatic heterocycles. The highest BCUT2D eigenvalue weighted by molar-refractivity contribution is 5.50. The van der Waals surface area contributed by atoms with Crippen LogP contribution in [0.5, 0.6) is 5.75 Å². The summed E-state index contributed by atoms with van der Waals surface area (Å²) < 4.78 is 5.40. The molecule has 5 nitrogen and oxygen atoms in total. The molecule has 1 atom stereocenters. The van der Waals surface area contributed by atoms with Gasteiger partial charge in [0, 0.05) is 6.04 Å². The number of nitrogens with one attached hydrogen (secondary N) is 1. The van der Waals surface area contributed by atoms with Crippen LogP contribution in [0.15, 0.2) is 84.9 Å². The number of benzene rings is 3. The van der Waals surface area contributed by atoms with Gasteiger partial charge in [-0.1, -0.05) is 93.1 Å². The van der Waals surface area contributed by atoms with Crippen molar-refractivity contribution in [2.24, 2.45) is 5.73 Å². The first-order valence-corrected chi connectivity index (χ1v) is 11.9. The predicted molar refractivity (Wildman–Crippen MR) is 141 cm³/mol. The molecule has 0 saturated heterocycles. The fraction of sp³-hybridized carbons (Fsp3) is 0.345. The van der Waals surface area contributed by atoms with Crippen molar-refractivity contribution in [1.29, 1.82) is 0 Å². The molecule has 0 aliphatic rings. The predicted octanol–water partition coefficient (Wildman–Crippen LogP) is 5.82. The van der Waals surface area contributed by atoms with Crippen LogP contribution in [0.2, 0.25) is 0 Å². The van der Waals surface area contributed by atoms with Crippen molar-refractivity contribution in [3.8, 4) is 5.75 Å². The maximum atomic E-state index is 8.36. The minimum atomic E-state index is -0.427. The maximum Gasteiger partial charge on any atom is 0.290 e. The van der Waals surface area contributed by atoms with Gasteiger partial charge in [-0.15, -0.1) is 0 Å². The zero-order valence-corrected chi connectivity index (χ0v) is 20.9. The molecule has 0 unspecified atom stereocenters. The summed E-state index contributed by atoms with van der Waals surface area (Å²) in [6.45, 7) is 6.73. The van der Waals surface area contributed by atoms with Gasteiger partial charge in [0.25, 0.3) is 6.47 Å². The van der Waals surface area contributed by atoms with Crippen LogP contribution >= 0.6 is 0 Å². The number of nitrogens with two attached hydrogens (primary N) is 1. The lowest BCUT2D eigenvalue weighted by Crippen LogP contribution is -2.45. The summed E-state index contributed by atoms with van der Waals surface area (Å²) in [6.07, 6.45) is 3.25. The highest BCUT2D eigenvalue weighted by Crippen LogP contribution is 2.37. The highest BCUT2D eigenvalue weighted by Gasteiger charge is 2.35. The van der Waals surface area contributed by atoms with Crippen LogP contribution in [-0.2, 0) is 10.3 Å². The van der Waals surface area contributed by atoms with Gasteiger partial charge in [-0.25, -0.2) is 0 Å². The number of methoxy groups -OCH3 is 1. The Morgan fingerprint density at radius 1 is 0.882 bits per heavy atom. The SMILES string of the molecule is CC.COc1ccc(C(NCCCC[C@@H](C)N)(c2ccccc2)c2ccccc2)cc1.O=CO. The van der Waals surface area contributed by atoms with E-state index < -0.39 is 5.54 Å². The number of hydrogen-bond donors (Lipinski definition) is 3. The minimum Gasteiger partial charge on any atom is -0.497 e. The van der Waals surface area contributed by atoms with Crippen molar-refractivity contribution in [3.63, 3.8) is 0 Å². The van der Waals surface area contributed by atoms with Gasteiger partial charge in [0.1, 0.15) is 5.75 Å². The van der Waals surface area contributed by atoms with Crippen LogP contribution in [0.3, 0.4) is 0 Å². The molecule has 0 amide bonds. The third kappa shape index (κ3) is 8.32. The summed E-state index contributed by atoms with van der Waals surface area (Å²) in [5.74, 6) is 0.862. The molecule has 3 aromatic carbocycles. The zero-order valence-electron chi connectivity index (χ0n) is 20.9. The quantitative estimate of drug-likeness (QED) is 0.200. The number of carboxylic acid groups (broad SMARTS) is 1. The van der Waals surface area contributed by atoms with Crippen LogP contribution < -0.4 is 15.8 Å². The third-order valence-corrected chi connectivity index (χ3v) is 5.41. The second-order valence-corrected chi connectivity index (χ2v) is 7.72. The highest BCUT2D eigenvalue weighted by atomic mass is 16.5. The summed E-state index contributed by atoms with van der Waals surface area (Å²) >= 11 is 0. The molecule has 34 heavy (non-hydrogen) atoms. The van der Waals surface area contributed by atoms with Crippen LogP contribution in [-0.4, -0.2) is 31.3 Å². The summed E-state index contributed by atoms with van der Waals surface area (Å²) in [5, 5.41) is 10.8. The molecular formula is C29H40N2O3. The number of carbonyl (C=O) groups is 1. The molecule has 0 saturated carbocycles. The fourth-order valence-corrected chi connectivity index (χ4v) is 3.89. The average molecular weight is 465 g/mol. The third-order valence-electron chi connectivity index (χ3n) is 5.41. The van der Waals surface area contributed by atoms with Crippen LogP contribution in [0.4, 0.5) is 0 Å². The normalized spacial score (nSPS) is 11.2. The van der Waals surface area contributed by atoms with Gasteiger partial charge in [-0.2, -0.15) is 0 Å². The van der Waals surface area contributed by atoms with E-state index in [-0.39, 0.29) is 12.5 Å². The zero-order chi connectivity index (χ0) is 25.2. The Balaban J connectivity index is 0.00000107. The van der Waals surface area contributed by atoms with E-state index in [1.54, 1.807) is 7.11 Å². The number of rotatable bonds is 10. The van der Waals surface area contributed by atoms with Gasteiger partial charge in [-0.05, 0) is 55.1 Å². The second kappa shape index (κ2) is 16.5. The molecule has 3 rings (SSSR count). The van der Waals surface area contributed by atoms with Gasteiger partial charge in [0.05, 0.1) is 12.6 Å². The molecule has 0 heterocycles. The second-order valence-electron chi connectivity index (χ2n) is 7.72. The van der Waals surface area contributed by atoms with Crippen molar-refractivity contribution >= 4 is 6.47 Å². The monoisotopic (exact) mass is 464 g/mol. The van der Waals surface area contributed by atoms with Crippen molar-refractivity contribution in [2.75, 3.05) is 13.7 Å². The van der Waals surface area contributed by atoms with E-state index in [0.717, 1.165) is 31.6 Å². The van der Waals surface area contributed by atoms with Crippen LogP contribution in [0, 0.1) is 0 Å². The largest absolute Gasteiger partial charge is 0.497 e. The summed E-state index contributed by atoms with van der Waals surface area (Å²) in [6, 6.07) is 30.0. The molecule has 0 aliphatic carbocycles. The molecule has 5 heteroatoms. The smallest absolute Gasteiger partial charge is 0.290 e. The number of hydrogen-bond acceptors (Lipinski definition) is 4. The first-order chi connectivity index (χ1) is 16.6. The Bertz CT molecular complexity index is 858. The van der Waals surface area contributed by atoms with Gasteiger partial charge in [0.2, 0.25) is 0 Å². The first kappa shape index (κ1) is 28.9. The lowest BCUT2D eigenvalue weighted by molar-refractivity contribution is -0.122. The van der Waals surface area contributed by atoms with Crippen LogP contribution in [0.1, 0.15) is 56.7 Å². The number of unbranched alkanes of at least 4 members (excludes halogenated alkanes) is 1. The van der Waals surface area contributed by atoms with E-state index in [9.17, 15) is 0 Å². The Morgan fingerprint density at radius 2 is 1.32 bits per heavy atom. The van der Waals surface area contributed by atoms with Crippen molar-refractivity contribution in [1.82, 2.24) is 5.32 Å². The van der Waals surface area contributed by atoms with Crippen molar-refractivity contribution in [3.05, 3.63) is 102 Å². The van der Waals surface area contributed by atoms with E-state index in [2.05, 4.69) is 85.0 Å². The first-order valence-electron chi connectivity index (χ1n) is 11.9. The molecule has 0 bridgehead atoms. The van der Waals surface area contributed by atoms with Gasteiger partial charge >= 0.3 is 0 Å². The lowest BCUT2D eigenvalue weighted by Gasteiger charge is -2.37. The summed E-state index contributed by atoms with van der Waals surface area (Å²) in [5.41, 5.74) is 9.15. The minimum absolute atomic E-state index is 0.250. The standard InChI is InChI=1S/C26H32N2O.C2H6.CH2O2/c1-21(27)11-9-10-20-28-26(22-12-5-3-6-13-22,23-14-7-4-8-15-23)24-16-18-25(29-2)19-17-24;1-2;2-1-3/h3-8,12-19,21,28H,9-11,20,27H2,1-2H3;1-2H3;1H,(H,2,3)/t21-;;/m1../s1. The van der Waals surface area contributed by atoms with E-state index in [1.165, 1.54) is 16.7 Å². The van der Waals surface area contributed by atoms with Crippen LogP contribution in [0.25, 0.3) is 0 Å². The Labute approximate surface area is 205 Å². The van der Waals surface area contributed by atoms with Gasteiger partial charge in [-0.3, -0.25) is 10.1 Å². The lowest BCUT2D eigenvalue weighted by atomic mass is 9.77. The van der Waals surface area contributed by atoms with Gasteiger partial charge in [0.15, 0.2) is 0 Å². The molecule has 4 N–H and O–H groups in total. The van der Waals surface area contributed by atoms with E-state index in [4.69, 9.17) is 20.4 Å². The topological polar surface area (TPSA) is 84.6 Å². The average Bonchev–Trinajstić information content (AvgIpc) is 2.89. The van der Waals surface area contributed by atoms with Crippen molar-refractivity contribution in [2.45, 2.75) is 51.6 Å². The Hall–Kier alpha value is -3.15. The van der Waals surface area contributed by atoms with Gasteiger partial charge < -0.3 is 15.6 Å². The number of ether oxygens (including phenoxy) is 1. The molecule has 184 valence electrons. The van der Waals surface area contributed by atoms with E-state index in [1.807, 2.05) is 26.0 Å². The molecule has 0 aromatic heterocycles. The fourth-order valence-electron chi connectivity index (χ4n) is 3.89. The summed E-state index contributed by atoms with van der Waals surface area (Å²) in [4.78, 5) is 8.36. The molecule has 0 spiro atoms.